The number of likely N-dealkylation sites (tertiary alicyclic amines) is 1. The molecular weight excluding hydrogens is 274 g/mol. The number of piperidine rings is 1. The molecular formula is C18H23N3O. The first-order valence-corrected chi connectivity index (χ1v) is 8.14. The molecule has 22 heavy (non-hydrogen) atoms. The van der Waals surface area contributed by atoms with E-state index in [2.05, 4.69) is 39.4 Å². The minimum absolute atomic E-state index is 0.224. The third-order valence-corrected chi connectivity index (χ3v) is 4.46. The fraction of sp³-hybridized carbons (Fsp3) is 0.444. The predicted octanol–water partition coefficient (Wildman–Crippen LogP) is 2.97. The highest BCUT2D eigenvalue weighted by atomic mass is 16.2. The van der Waals surface area contributed by atoms with Gasteiger partial charge in [0.15, 0.2) is 0 Å². The topological polar surface area (TPSA) is 49.0 Å². The first-order chi connectivity index (χ1) is 10.8. The quantitative estimate of drug-likeness (QED) is 0.922. The summed E-state index contributed by atoms with van der Waals surface area (Å²) in [5, 5.41) is 6.80. The maximum absolute atomic E-state index is 12.6. The van der Waals surface area contributed by atoms with Gasteiger partial charge in [0.25, 0.3) is 0 Å². The Hall–Kier alpha value is -2.10. The molecule has 0 radical (unpaired) electrons. The van der Waals surface area contributed by atoms with Crippen LogP contribution < -0.4 is 0 Å². The van der Waals surface area contributed by atoms with Gasteiger partial charge in [0, 0.05) is 24.5 Å². The highest BCUT2D eigenvalue weighted by molar-refractivity contribution is 5.78. The van der Waals surface area contributed by atoms with Gasteiger partial charge >= 0.3 is 0 Å². The normalized spacial score (nSPS) is 18.4. The summed E-state index contributed by atoms with van der Waals surface area (Å²) in [5.41, 5.74) is 2.26. The first-order valence-electron chi connectivity index (χ1n) is 8.14. The number of aryl methyl sites for hydroxylation is 1. The van der Waals surface area contributed by atoms with Crippen LogP contribution in [0.5, 0.6) is 0 Å². The lowest BCUT2D eigenvalue weighted by Gasteiger charge is -2.36. The van der Waals surface area contributed by atoms with E-state index in [4.69, 9.17) is 0 Å². The molecule has 0 bridgehead atoms. The lowest BCUT2D eigenvalue weighted by atomic mass is 9.95. The summed E-state index contributed by atoms with van der Waals surface area (Å²) >= 11 is 0. The maximum Gasteiger partial charge on any atom is 0.228 e. The summed E-state index contributed by atoms with van der Waals surface area (Å²) in [4.78, 5) is 14.7. The number of aromatic amines is 1. The van der Waals surface area contributed by atoms with E-state index in [1.807, 2.05) is 12.1 Å². The van der Waals surface area contributed by atoms with Crippen molar-refractivity contribution >= 4 is 5.91 Å². The van der Waals surface area contributed by atoms with Crippen LogP contribution in [0, 0.1) is 0 Å². The molecule has 1 aromatic heterocycles. The highest BCUT2D eigenvalue weighted by Gasteiger charge is 2.26. The number of nitrogens with zero attached hydrogens (tertiary/aromatic N) is 2. The second-order valence-electron chi connectivity index (χ2n) is 6.02. The lowest BCUT2D eigenvalue weighted by Crippen LogP contribution is -2.44. The van der Waals surface area contributed by atoms with Crippen molar-refractivity contribution in [3.63, 3.8) is 0 Å². The number of aromatic nitrogens is 2. The molecule has 0 aliphatic carbocycles. The van der Waals surface area contributed by atoms with Gasteiger partial charge in [0.05, 0.1) is 6.42 Å². The van der Waals surface area contributed by atoms with Crippen LogP contribution in [-0.2, 0) is 17.6 Å². The molecule has 3 rings (SSSR count). The van der Waals surface area contributed by atoms with Crippen LogP contribution in [0.4, 0.5) is 0 Å². The van der Waals surface area contributed by atoms with Crippen LogP contribution in [0.25, 0.3) is 0 Å². The van der Waals surface area contributed by atoms with Gasteiger partial charge in [-0.2, -0.15) is 5.10 Å². The molecule has 4 heteroatoms. The average Bonchev–Trinajstić information content (AvgIpc) is 3.07. The molecule has 4 nitrogen and oxygen atoms in total. The Kier molecular flexibility index (Phi) is 4.88. The Morgan fingerprint density at radius 3 is 2.86 bits per heavy atom. The number of carbonyl (C=O) groups excluding carboxylic acids is 1. The van der Waals surface area contributed by atoms with Crippen molar-refractivity contribution in [1.82, 2.24) is 15.1 Å². The van der Waals surface area contributed by atoms with E-state index < -0.39 is 0 Å². The van der Waals surface area contributed by atoms with Crippen molar-refractivity contribution < 1.29 is 4.79 Å². The minimum atomic E-state index is 0.224. The SMILES string of the molecule is O=C(Cc1ccn[nH]1)N1CCCCC1CCc1ccccc1. The smallest absolute Gasteiger partial charge is 0.228 e. The van der Waals surface area contributed by atoms with E-state index >= 15 is 0 Å². The summed E-state index contributed by atoms with van der Waals surface area (Å²) in [6.07, 6.45) is 7.71. The van der Waals surface area contributed by atoms with Crippen LogP contribution in [-0.4, -0.2) is 33.6 Å². The fourth-order valence-corrected chi connectivity index (χ4v) is 3.25. The van der Waals surface area contributed by atoms with Gasteiger partial charge in [-0.1, -0.05) is 30.3 Å². The zero-order chi connectivity index (χ0) is 15.2. The van der Waals surface area contributed by atoms with Crippen molar-refractivity contribution in [2.45, 2.75) is 44.6 Å². The summed E-state index contributed by atoms with van der Waals surface area (Å²) in [5.74, 6) is 0.224. The van der Waals surface area contributed by atoms with E-state index in [0.29, 0.717) is 12.5 Å². The Labute approximate surface area is 131 Å². The molecule has 1 amide bonds. The molecule has 1 fully saturated rings. The number of H-pyrrole nitrogens is 1. The van der Waals surface area contributed by atoms with Crippen LogP contribution in [0.2, 0.25) is 0 Å². The Bertz CT molecular complexity index is 580. The van der Waals surface area contributed by atoms with Gasteiger partial charge in [-0.25, -0.2) is 0 Å². The summed E-state index contributed by atoms with van der Waals surface area (Å²) in [7, 11) is 0. The van der Waals surface area contributed by atoms with Crippen LogP contribution in [0.15, 0.2) is 42.6 Å². The molecule has 1 aliphatic heterocycles. The maximum atomic E-state index is 12.6. The first kappa shape index (κ1) is 14.8. The molecule has 1 aromatic carbocycles. The molecule has 2 aromatic rings. The number of nitrogens with one attached hydrogen (secondary N) is 1. The summed E-state index contributed by atoms with van der Waals surface area (Å²) in [6, 6.07) is 12.8. The molecule has 0 saturated carbocycles. The van der Waals surface area contributed by atoms with E-state index in [1.54, 1.807) is 6.20 Å². The van der Waals surface area contributed by atoms with Crippen molar-refractivity contribution in [3.05, 3.63) is 53.9 Å². The van der Waals surface area contributed by atoms with Gasteiger partial charge in [-0.15, -0.1) is 0 Å². The number of carbonyl (C=O) groups is 1. The molecule has 1 unspecified atom stereocenters. The summed E-state index contributed by atoms with van der Waals surface area (Å²) < 4.78 is 0. The van der Waals surface area contributed by atoms with Crippen LogP contribution >= 0.6 is 0 Å². The molecule has 1 aliphatic rings. The average molecular weight is 297 g/mol. The van der Waals surface area contributed by atoms with E-state index in [0.717, 1.165) is 37.9 Å². The molecule has 1 atom stereocenters. The Morgan fingerprint density at radius 1 is 1.23 bits per heavy atom. The number of benzene rings is 1. The van der Waals surface area contributed by atoms with E-state index in [9.17, 15) is 4.79 Å². The number of hydrogen-bond acceptors (Lipinski definition) is 2. The standard InChI is InChI=1S/C18H23N3O/c22-18(14-16-11-12-19-20-16)21-13-5-4-8-17(21)10-9-15-6-2-1-3-7-15/h1-3,6-7,11-12,17H,4-5,8-10,13-14H2,(H,19,20). The number of hydrogen-bond donors (Lipinski definition) is 1. The minimum Gasteiger partial charge on any atom is -0.339 e. The molecule has 0 spiro atoms. The van der Waals surface area contributed by atoms with Crippen molar-refractivity contribution in [1.29, 1.82) is 0 Å². The molecule has 2 heterocycles. The second-order valence-corrected chi connectivity index (χ2v) is 6.02. The van der Waals surface area contributed by atoms with Crippen molar-refractivity contribution in [2.24, 2.45) is 0 Å². The summed E-state index contributed by atoms with van der Waals surface area (Å²) in [6.45, 7) is 0.895. The zero-order valence-corrected chi connectivity index (χ0v) is 12.9. The predicted molar refractivity (Wildman–Crippen MR) is 86.4 cm³/mol. The van der Waals surface area contributed by atoms with E-state index in [-0.39, 0.29) is 5.91 Å². The third-order valence-electron chi connectivity index (χ3n) is 4.46. The highest BCUT2D eigenvalue weighted by Crippen LogP contribution is 2.22. The third kappa shape index (κ3) is 3.75. The second kappa shape index (κ2) is 7.25. The van der Waals surface area contributed by atoms with Crippen LogP contribution in [0.1, 0.15) is 36.9 Å². The fourth-order valence-electron chi connectivity index (χ4n) is 3.25. The van der Waals surface area contributed by atoms with Gasteiger partial charge < -0.3 is 4.90 Å². The number of rotatable bonds is 5. The largest absolute Gasteiger partial charge is 0.339 e. The molecule has 1 saturated heterocycles. The van der Waals surface area contributed by atoms with Gasteiger partial charge in [0.1, 0.15) is 0 Å². The van der Waals surface area contributed by atoms with E-state index in [1.165, 1.54) is 12.0 Å². The molecule has 116 valence electrons. The Morgan fingerprint density at radius 2 is 2.09 bits per heavy atom. The lowest BCUT2D eigenvalue weighted by molar-refractivity contribution is -0.134. The van der Waals surface area contributed by atoms with Gasteiger partial charge in [0.2, 0.25) is 5.91 Å². The van der Waals surface area contributed by atoms with Crippen molar-refractivity contribution in [3.8, 4) is 0 Å². The number of amides is 1. The van der Waals surface area contributed by atoms with Gasteiger partial charge in [-0.3, -0.25) is 9.89 Å². The van der Waals surface area contributed by atoms with Gasteiger partial charge in [-0.05, 0) is 43.7 Å². The monoisotopic (exact) mass is 297 g/mol. The Balaban J connectivity index is 1.59. The van der Waals surface area contributed by atoms with Crippen LogP contribution in [0.3, 0.4) is 0 Å². The molecule has 1 N–H and O–H groups in total. The van der Waals surface area contributed by atoms with Crippen molar-refractivity contribution in [2.75, 3.05) is 6.54 Å². The zero-order valence-electron chi connectivity index (χ0n) is 12.9.